The van der Waals surface area contributed by atoms with E-state index < -0.39 is 70.4 Å². The van der Waals surface area contributed by atoms with Gasteiger partial charge in [-0.1, -0.05) is 25.5 Å². The number of hydrogen-bond donors (Lipinski definition) is 1. The van der Waals surface area contributed by atoms with E-state index in [0.29, 0.717) is 18.7 Å². The molecule has 1 aromatic heterocycles. The molecule has 1 unspecified atom stereocenters. The number of carbonyl (C=O) groups excluding carboxylic acids is 2. The first-order valence-electron chi connectivity index (χ1n) is 13.9. The van der Waals surface area contributed by atoms with Crippen LogP contribution in [0.5, 0.6) is 0 Å². The first kappa shape index (κ1) is 33.9. The van der Waals surface area contributed by atoms with E-state index in [1.54, 1.807) is 11.9 Å². The number of alkyl halides is 2. The van der Waals surface area contributed by atoms with Gasteiger partial charge in [0.2, 0.25) is 11.8 Å². The number of hydrogen-bond acceptors (Lipinski definition) is 6. The van der Waals surface area contributed by atoms with Crippen molar-refractivity contribution in [2.75, 3.05) is 38.8 Å². The lowest BCUT2D eigenvalue weighted by Crippen LogP contribution is -2.54. The molecule has 0 spiro atoms. The number of aliphatic hydroxyl groups is 1. The van der Waals surface area contributed by atoms with Crippen molar-refractivity contribution in [1.82, 2.24) is 14.8 Å². The summed E-state index contributed by atoms with van der Waals surface area (Å²) in [7, 11) is -7.00. The molecule has 3 atom stereocenters. The molecule has 2 aliphatic rings. The Hall–Kier alpha value is -2.95. The van der Waals surface area contributed by atoms with Crippen molar-refractivity contribution in [2.45, 2.75) is 67.2 Å². The van der Waals surface area contributed by atoms with Crippen molar-refractivity contribution in [1.29, 1.82) is 0 Å². The third-order valence-corrected chi connectivity index (χ3v) is 9.33. The normalized spacial score (nSPS) is 23.4. The lowest BCUT2D eigenvalue weighted by Gasteiger charge is -2.42. The van der Waals surface area contributed by atoms with Crippen LogP contribution in [0.1, 0.15) is 43.7 Å². The molecule has 1 aromatic carbocycles. The summed E-state index contributed by atoms with van der Waals surface area (Å²) in [6.07, 6.45) is 1.25. The Morgan fingerprint density at radius 2 is 1.75 bits per heavy atom. The second kappa shape index (κ2) is 11.8. The molecule has 246 valence electrons. The highest BCUT2D eigenvalue weighted by molar-refractivity contribution is 8.45. The minimum absolute atomic E-state index is 0.0913. The van der Waals surface area contributed by atoms with E-state index in [1.807, 2.05) is 0 Å². The van der Waals surface area contributed by atoms with E-state index in [4.69, 9.17) is 4.74 Å². The van der Waals surface area contributed by atoms with Gasteiger partial charge in [-0.2, -0.15) is 0 Å². The molecule has 1 aliphatic carbocycles. The van der Waals surface area contributed by atoms with E-state index >= 15 is 0 Å². The molecule has 1 saturated carbocycles. The van der Waals surface area contributed by atoms with Gasteiger partial charge in [0.05, 0.1) is 18.8 Å². The number of halogens is 7. The molecule has 0 bridgehead atoms. The number of rotatable bonds is 10. The molecule has 2 heterocycles. The zero-order valence-corrected chi connectivity index (χ0v) is 24.9. The minimum atomic E-state index is -10.1. The summed E-state index contributed by atoms with van der Waals surface area (Å²) in [5.41, 5.74) is -0.146. The summed E-state index contributed by atoms with van der Waals surface area (Å²) in [5, 5.41) is 9.83. The largest absolute Gasteiger partial charge is 0.395 e. The fraction of sp³-hybridized carbons (Fsp3) is 0.536. The number of ether oxygens (including phenoxy) is 1. The number of amides is 2. The maximum Gasteiger partial charge on any atom is 0.310 e. The van der Waals surface area contributed by atoms with Crippen molar-refractivity contribution in [3.63, 3.8) is 0 Å². The molecule has 4 rings (SSSR count). The smallest absolute Gasteiger partial charge is 0.310 e. The fourth-order valence-electron chi connectivity index (χ4n) is 5.85. The van der Waals surface area contributed by atoms with Crippen LogP contribution < -0.4 is 4.90 Å². The zero-order chi connectivity index (χ0) is 32.6. The van der Waals surface area contributed by atoms with Crippen LogP contribution in [-0.4, -0.2) is 89.7 Å². The van der Waals surface area contributed by atoms with Crippen LogP contribution >= 0.6 is 10.2 Å². The number of pyridine rings is 1. The van der Waals surface area contributed by atoms with Crippen LogP contribution in [0.3, 0.4) is 0 Å². The first-order valence-corrected chi connectivity index (χ1v) is 15.9. The van der Waals surface area contributed by atoms with Crippen LogP contribution in [0.2, 0.25) is 0 Å². The molecule has 2 aromatic rings. The Bertz CT molecular complexity index is 1330. The SMILES string of the molecule is CO[C@@H]1C[C@H](C(=O)N(c2ccc(S(F)(F)(F)(F)F)cc2)C(C(=O)N(CCO)C2CCC(F)(F)CC2)c2cccnc2)N(C)C1. The quantitative estimate of drug-likeness (QED) is 0.319. The molecule has 44 heavy (non-hydrogen) atoms. The Morgan fingerprint density at radius 3 is 2.25 bits per heavy atom. The van der Waals surface area contributed by atoms with E-state index in [1.165, 1.54) is 36.5 Å². The topological polar surface area (TPSA) is 86.2 Å². The van der Waals surface area contributed by atoms with E-state index in [9.17, 15) is 42.9 Å². The number of likely N-dealkylation sites (tertiary alicyclic amines) is 1. The summed E-state index contributed by atoms with van der Waals surface area (Å²) in [5.74, 6) is -4.45. The number of benzene rings is 1. The van der Waals surface area contributed by atoms with Crippen molar-refractivity contribution in [3.05, 3.63) is 54.4 Å². The van der Waals surface area contributed by atoms with Gasteiger partial charge in [-0.3, -0.25) is 24.4 Å². The van der Waals surface area contributed by atoms with Gasteiger partial charge in [-0.05, 0) is 56.6 Å². The number of aliphatic hydroxyl groups excluding tert-OH is 1. The lowest BCUT2D eigenvalue weighted by atomic mass is 9.90. The molecule has 1 N–H and O–H groups in total. The molecule has 8 nitrogen and oxygen atoms in total. The van der Waals surface area contributed by atoms with Crippen LogP contribution in [0.15, 0.2) is 53.7 Å². The van der Waals surface area contributed by atoms with Crippen molar-refractivity contribution in [2.24, 2.45) is 0 Å². The maximum absolute atomic E-state index is 14.4. The van der Waals surface area contributed by atoms with Gasteiger partial charge < -0.3 is 14.7 Å². The first-order chi connectivity index (χ1) is 20.3. The summed E-state index contributed by atoms with van der Waals surface area (Å²) < 4.78 is 101. The van der Waals surface area contributed by atoms with Crippen LogP contribution in [0.25, 0.3) is 0 Å². The Labute approximate surface area is 250 Å². The van der Waals surface area contributed by atoms with Gasteiger partial charge in [-0.15, -0.1) is 0 Å². The van der Waals surface area contributed by atoms with Gasteiger partial charge in [0.15, 0.2) is 0 Å². The van der Waals surface area contributed by atoms with Crippen LogP contribution in [0.4, 0.5) is 33.9 Å². The molecule has 1 aliphatic heterocycles. The highest BCUT2D eigenvalue weighted by Crippen LogP contribution is 3.02. The van der Waals surface area contributed by atoms with Crippen molar-refractivity contribution in [3.8, 4) is 0 Å². The Kier molecular flexibility index (Phi) is 9.07. The number of anilines is 1. The molecule has 0 radical (unpaired) electrons. The van der Waals surface area contributed by atoms with Gasteiger partial charge in [0, 0.05) is 62.7 Å². The number of nitrogens with zero attached hydrogens (tertiary/aromatic N) is 4. The summed E-state index contributed by atoms with van der Waals surface area (Å²) in [6.45, 7) is -0.486. The Balaban J connectivity index is 1.85. The predicted octanol–water partition coefficient (Wildman–Crippen LogP) is 5.93. The summed E-state index contributed by atoms with van der Waals surface area (Å²) in [4.78, 5) is 34.4. The average Bonchev–Trinajstić information content (AvgIpc) is 3.34. The Morgan fingerprint density at radius 1 is 1.11 bits per heavy atom. The molecular formula is C28H35F7N4O4S. The van der Waals surface area contributed by atoms with Crippen LogP contribution in [-0.2, 0) is 14.3 Å². The molecule has 2 amide bonds. The number of likely N-dealkylation sites (N-methyl/N-ethyl adjacent to an activating group) is 1. The molecular weight excluding hydrogens is 621 g/mol. The standard InChI is InChI=1S/C28H35F7N4O4S/c1-37-18-22(43-2)16-24(37)26(41)39(21-5-7-23(8-6-21)44(31,32,33,34)35)25(19-4-3-13-36-17-19)27(42)38(14-15-40)20-9-11-28(29,30)12-10-20/h3-8,13,17,20,22,24-25,40H,9-12,14-16,18H2,1-2H3/t22-,24-,25?/m1/s1. The van der Waals surface area contributed by atoms with Gasteiger partial charge in [-0.25, -0.2) is 8.78 Å². The van der Waals surface area contributed by atoms with Crippen LogP contribution in [0, 0.1) is 0 Å². The molecule has 2 fully saturated rings. The van der Waals surface area contributed by atoms with Crippen molar-refractivity contribution < 1.29 is 47.6 Å². The number of carbonyl (C=O) groups is 2. The molecule has 16 heteroatoms. The third-order valence-electron chi connectivity index (χ3n) is 8.17. The lowest BCUT2D eigenvalue weighted by molar-refractivity contribution is -0.140. The van der Waals surface area contributed by atoms with E-state index in [2.05, 4.69) is 4.98 Å². The highest BCUT2D eigenvalue weighted by atomic mass is 32.5. The summed E-state index contributed by atoms with van der Waals surface area (Å²) in [6, 6.07) is 1.40. The highest BCUT2D eigenvalue weighted by Gasteiger charge is 2.65. The van der Waals surface area contributed by atoms with Gasteiger partial charge >= 0.3 is 10.2 Å². The minimum Gasteiger partial charge on any atom is -0.395 e. The van der Waals surface area contributed by atoms with Gasteiger partial charge in [0.25, 0.3) is 5.91 Å². The average molecular weight is 657 g/mol. The van der Waals surface area contributed by atoms with Crippen molar-refractivity contribution >= 4 is 27.7 Å². The van der Waals surface area contributed by atoms with E-state index in [-0.39, 0.29) is 55.3 Å². The zero-order valence-electron chi connectivity index (χ0n) is 24.1. The van der Waals surface area contributed by atoms with E-state index in [0.717, 1.165) is 4.90 Å². The second-order valence-corrected chi connectivity index (χ2v) is 13.7. The van der Waals surface area contributed by atoms with Gasteiger partial charge in [0.1, 0.15) is 10.9 Å². The number of methoxy groups -OCH3 is 1. The number of aromatic nitrogens is 1. The molecule has 1 saturated heterocycles. The fourth-order valence-corrected chi connectivity index (χ4v) is 6.50. The maximum atomic E-state index is 14.4. The predicted molar refractivity (Wildman–Crippen MR) is 150 cm³/mol. The monoisotopic (exact) mass is 656 g/mol. The summed E-state index contributed by atoms with van der Waals surface area (Å²) >= 11 is 0. The second-order valence-electron chi connectivity index (χ2n) is 11.3. The third kappa shape index (κ3) is 7.64.